The van der Waals surface area contributed by atoms with Crippen LogP contribution in [0.5, 0.6) is 5.75 Å². The molecule has 0 unspecified atom stereocenters. The molecule has 0 amide bonds. The highest BCUT2D eigenvalue weighted by Crippen LogP contribution is 2.30. The largest absolute Gasteiger partial charge is 0.497 e. The van der Waals surface area contributed by atoms with Crippen molar-refractivity contribution in [3.05, 3.63) is 36.2 Å². The Bertz CT molecular complexity index is 635. The Morgan fingerprint density at radius 1 is 1.27 bits per heavy atom. The normalized spacial score (nSPS) is 11.3. The van der Waals surface area contributed by atoms with E-state index in [2.05, 4.69) is 31.1 Å². The summed E-state index contributed by atoms with van der Waals surface area (Å²) in [6.45, 7) is 7.68. The number of nitrogens with two attached hydrogens (primary N) is 1. The molecule has 0 aliphatic carbocycles. The van der Waals surface area contributed by atoms with Gasteiger partial charge < -0.3 is 15.8 Å². The van der Waals surface area contributed by atoms with E-state index in [1.54, 1.807) is 7.11 Å². The van der Waals surface area contributed by atoms with Crippen LogP contribution in [0.4, 0.5) is 5.69 Å². The van der Waals surface area contributed by atoms with Crippen LogP contribution in [0, 0.1) is 0 Å². The van der Waals surface area contributed by atoms with E-state index in [4.69, 9.17) is 15.5 Å². The maximum Gasteiger partial charge on any atom is 0.159 e. The Balaban J connectivity index is 2.45. The fourth-order valence-corrected chi connectivity index (χ4v) is 2.19. The Labute approximate surface area is 131 Å². The highest BCUT2D eigenvalue weighted by molar-refractivity contribution is 5.60. The predicted molar refractivity (Wildman–Crippen MR) is 90.3 cm³/mol. The Morgan fingerprint density at radius 3 is 2.68 bits per heavy atom. The average molecular weight is 300 g/mol. The van der Waals surface area contributed by atoms with E-state index in [0.29, 0.717) is 18.9 Å². The SMILES string of the molecule is COc1cccc(-c2ncc(NCCN)c(C(C)(C)C)n2)c1. The lowest BCUT2D eigenvalue weighted by Gasteiger charge is -2.22. The molecule has 0 aliphatic heterocycles. The van der Waals surface area contributed by atoms with Crippen molar-refractivity contribution in [1.82, 2.24) is 9.97 Å². The highest BCUT2D eigenvalue weighted by Gasteiger charge is 2.21. The molecule has 1 heterocycles. The molecule has 0 saturated heterocycles. The molecular weight excluding hydrogens is 276 g/mol. The van der Waals surface area contributed by atoms with Crippen LogP contribution < -0.4 is 15.8 Å². The van der Waals surface area contributed by atoms with Gasteiger partial charge in [-0.15, -0.1) is 0 Å². The number of rotatable bonds is 5. The third-order valence-electron chi connectivity index (χ3n) is 3.29. The number of aromatic nitrogens is 2. The summed E-state index contributed by atoms with van der Waals surface area (Å²) in [6.07, 6.45) is 1.83. The molecule has 0 aliphatic rings. The molecule has 118 valence electrons. The van der Waals surface area contributed by atoms with Gasteiger partial charge in [0.1, 0.15) is 5.75 Å². The fourth-order valence-electron chi connectivity index (χ4n) is 2.19. The summed E-state index contributed by atoms with van der Waals surface area (Å²) in [5.41, 5.74) is 8.34. The quantitative estimate of drug-likeness (QED) is 0.888. The number of ether oxygens (including phenoxy) is 1. The van der Waals surface area contributed by atoms with E-state index in [0.717, 1.165) is 22.7 Å². The second-order valence-electron chi connectivity index (χ2n) is 6.15. The average Bonchev–Trinajstić information content (AvgIpc) is 2.52. The van der Waals surface area contributed by atoms with Gasteiger partial charge in [0.05, 0.1) is 24.7 Å². The van der Waals surface area contributed by atoms with Crippen LogP contribution in [0.3, 0.4) is 0 Å². The summed E-state index contributed by atoms with van der Waals surface area (Å²) in [7, 11) is 1.65. The topological polar surface area (TPSA) is 73.1 Å². The molecule has 1 aromatic heterocycles. The van der Waals surface area contributed by atoms with Crippen molar-refractivity contribution in [3.63, 3.8) is 0 Å². The van der Waals surface area contributed by atoms with Crippen molar-refractivity contribution in [2.75, 3.05) is 25.5 Å². The van der Waals surface area contributed by atoms with E-state index in [-0.39, 0.29) is 5.41 Å². The van der Waals surface area contributed by atoms with Gasteiger partial charge in [-0.05, 0) is 12.1 Å². The molecule has 0 saturated carbocycles. The van der Waals surface area contributed by atoms with Crippen LogP contribution in [-0.2, 0) is 5.41 Å². The molecule has 1 aromatic carbocycles. The van der Waals surface area contributed by atoms with Gasteiger partial charge in [0.25, 0.3) is 0 Å². The van der Waals surface area contributed by atoms with E-state index in [9.17, 15) is 0 Å². The minimum absolute atomic E-state index is 0.0898. The molecule has 3 N–H and O–H groups in total. The number of methoxy groups -OCH3 is 1. The van der Waals surface area contributed by atoms with Crippen molar-refractivity contribution in [2.45, 2.75) is 26.2 Å². The third kappa shape index (κ3) is 3.74. The molecular formula is C17H24N4O. The van der Waals surface area contributed by atoms with Crippen molar-refractivity contribution in [3.8, 4) is 17.1 Å². The summed E-state index contributed by atoms with van der Waals surface area (Å²) in [5, 5.41) is 3.30. The molecule has 0 radical (unpaired) electrons. The zero-order chi connectivity index (χ0) is 16.2. The second-order valence-corrected chi connectivity index (χ2v) is 6.15. The van der Waals surface area contributed by atoms with E-state index in [1.165, 1.54) is 0 Å². The maximum absolute atomic E-state index is 5.57. The molecule has 0 atom stereocenters. The smallest absolute Gasteiger partial charge is 0.159 e. The first kappa shape index (κ1) is 16.2. The molecule has 0 spiro atoms. The summed E-state index contributed by atoms with van der Waals surface area (Å²) in [6, 6.07) is 7.77. The summed E-state index contributed by atoms with van der Waals surface area (Å²) in [4.78, 5) is 9.25. The highest BCUT2D eigenvalue weighted by atomic mass is 16.5. The lowest BCUT2D eigenvalue weighted by Crippen LogP contribution is -2.21. The Hall–Kier alpha value is -2.14. The standard InChI is InChI=1S/C17H24N4O/c1-17(2,3)15-14(19-9-8-18)11-20-16(21-15)12-6-5-7-13(10-12)22-4/h5-7,10-11,19H,8-9,18H2,1-4H3. The van der Waals surface area contributed by atoms with Crippen LogP contribution in [0.15, 0.2) is 30.5 Å². The lowest BCUT2D eigenvalue weighted by molar-refractivity contribution is 0.415. The van der Waals surface area contributed by atoms with Crippen LogP contribution in [0.25, 0.3) is 11.4 Å². The van der Waals surface area contributed by atoms with Gasteiger partial charge in [-0.25, -0.2) is 9.97 Å². The van der Waals surface area contributed by atoms with Gasteiger partial charge in [0.15, 0.2) is 5.82 Å². The minimum atomic E-state index is -0.0898. The molecule has 2 aromatic rings. The van der Waals surface area contributed by atoms with Crippen molar-refractivity contribution in [1.29, 1.82) is 0 Å². The monoisotopic (exact) mass is 300 g/mol. The van der Waals surface area contributed by atoms with Crippen molar-refractivity contribution >= 4 is 5.69 Å². The van der Waals surface area contributed by atoms with Crippen molar-refractivity contribution < 1.29 is 4.74 Å². The third-order valence-corrected chi connectivity index (χ3v) is 3.29. The summed E-state index contributed by atoms with van der Waals surface area (Å²) in [5.74, 6) is 1.49. The van der Waals surface area contributed by atoms with Gasteiger partial charge in [0.2, 0.25) is 0 Å². The summed E-state index contributed by atoms with van der Waals surface area (Å²) < 4.78 is 5.27. The molecule has 5 heteroatoms. The first-order valence-electron chi connectivity index (χ1n) is 7.41. The van der Waals surface area contributed by atoms with Gasteiger partial charge in [-0.2, -0.15) is 0 Å². The van der Waals surface area contributed by atoms with Crippen molar-refractivity contribution in [2.24, 2.45) is 5.73 Å². The molecule has 0 fully saturated rings. The van der Waals surface area contributed by atoms with Gasteiger partial charge in [-0.1, -0.05) is 32.9 Å². The zero-order valence-electron chi connectivity index (χ0n) is 13.7. The maximum atomic E-state index is 5.57. The summed E-state index contributed by atoms with van der Waals surface area (Å²) >= 11 is 0. The molecule has 5 nitrogen and oxygen atoms in total. The lowest BCUT2D eigenvalue weighted by atomic mass is 9.90. The second kappa shape index (κ2) is 6.75. The van der Waals surface area contributed by atoms with Gasteiger partial charge in [-0.3, -0.25) is 0 Å². The van der Waals surface area contributed by atoms with E-state index >= 15 is 0 Å². The number of nitrogens with zero attached hydrogens (tertiary/aromatic N) is 2. The number of nitrogens with one attached hydrogen (secondary N) is 1. The number of hydrogen-bond acceptors (Lipinski definition) is 5. The molecule has 22 heavy (non-hydrogen) atoms. The molecule has 2 rings (SSSR count). The number of hydrogen-bond donors (Lipinski definition) is 2. The van der Waals surface area contributed by atoms with Gasteiger partial charge >= 0.3 is 0 Å². The molecule has 0 bridgehead atoms. The van der Waals surface area contributed by atoms with Crippen LogP contribution in [0.1, 0.15) is 26.5 Å². The van der Waals surface area contributed by atoms with Crippen LogP contribution >= 0.6 is 0 Å². The number of anilines is 1. The zero-order valence-corrected chi connectivity index (χ0v) is 13.7. The fraction of sp³-hybridized carbons (Fsp3) is 0.412. The van der Waals surface area contributed by atoms with E-state index < -0.39 is 0 Å². The Kier molecular flexibility index (Phi) is 4.98. The van der Waals surface area contributed by atoms with Crippen LogP contribution in [0.2, 0.25) is 0 Å². The van der Waals surface area contributed by atoms with E-state index in [1.807, 2.05) is 30.5 Å². The predicted octanol–water partition coefficient (Wildman–Crippen LogP) is 2.82. The Morgan fingerprint density at radius 2 is 2.05 bits per heavy atom. The minimum Gasteiger partial charge on any atom is -0.497 e. The number of benzene rings is 1. The van der Waals surface area contributed by atoms with Gasteiger partial charge in [0, 0.05) is 24.1 Å². The van der Waals surface area contributed by atoms with Crippen LogP contribution in [-0.4, -0.2) is 30.2 Å². The first-order chi connectivity index (χ1) is 10.5. The first-order valence-corrected chi connectivity index (χ1v) is 7.41.